The lowest BCUT2D eigenvalue weighted by Crippen LogP contribution is -2.43. The van der Waals surface area contributed by atoms with Crippen molar-refractivity contribution in [2.45, 2.75) is 46.2 Å². The highest BCUT2D eigenvalue weighted by atomic mass is 16.5. The Hall–Kier alpha value is -1.56. The Bertz CT molecular complexity index is 384. The molecule has 0 fully saturated rings. The van der Waals surface area contributed by atoms with Crippen molar-refractivity contribution in [3.63, 3.8) is 0 Å². The number of hydrogen-bond donors (Lipinski definition) is 3. The molecular weight excluding hydrogens is 234 g/mol. The first-order valence-electron chi connectivity index (χ1n) is 6.10. The van der Waals surface area contributed by atoms with Crippen molar-refractivity contribution < 1.29 is 14.4 Å². The van der Waals surface area contributed by atoms with Crippen LogP contribution in [0.4, 0.5) is 4.79 Å². The van der Waals surface area contributed by atoms with Crippen molar-refractivity contribution in [2.75, 3.05) is 6.61 Å². The molecule has 1 rings (SSSR count). The Kier molecular flexibility index (Phi) is 5.15. The summed E-state index contributed by atoms with van der Waals surface area (Å²) in [7, 11) is 0. The predicted molar refractivity (Wildman–Crippen MR) is 67.2 cm³/mol. The SMILES string of the molecule is CCC(NC(=O)NC(C)CO)c1c(C)noc1C. The third-order valence-corrected chi connectivity index (χ3v) is 2.80. The topological polar surface area (TPSA) is 87.4 Å². The van der Waals surface area contributed by atoms with Gasteiger partial charge < -0.3 is 20.3 Å². The van der Waals surface area contributed by atoms with Gasteiger partial charge in [-0.3, -0.25) is 0 Å². The van der Waals surface area contributed by atoms with Crippen LogP contribution < -0.4 is 10.6 Å². The summed E-state index contributed by atoms with van der Waals surface area (Å²) in [4.78, 5) is 11.7. The smallest absolute Gasteiger partial charge is 0.315 e. The predicted octanol–water partition coefficient (Wildman–Crippen LogP) is 1.42. The van der Waals surface area contributed by atoms with E-state index in [1.165, 1.54) is 0 Å². The van der Waals surface area contributed by atoms with Crippen molar-refractivity contribution in [3.8, 4) is 0 Å². The first kappa shape index (κ1) is 14.5. The standard InChI is InChI=1S/C12H21N3O3/c1-5-10(11-8(3)15-18-9(11)4)14-12(17)13-7(2)6-16/h7,10,16H,5-6H2,1-4H3,(H2,13,14,17). The maximum absolute atomic E-state index is 11.7. The summed E-state index contributed by atoms with van der Waals surface area (Å²) in [5.41, 5.74) is 1.71. The van der Waals surface area contributed by atoms with Crippen molar-refractivity contribution in [3.05, 3.63) is 17.0 Å². The fourth-order valence-electron chi connectivity index (χ4n) is 1.84. The second-order valence-corrected chi connectivity index (χ2v) is 4.40. The first-order chi connectivity index (χ1) is 8.49. The molecule has 0 aliphatic rings. The Morgan fingerprint density at radius 1 is 1.44 bits per heavy atom. The van der Waals surface area contributed by atoms with Gasteiger partial charge in [0.2, 0.25) is 0 Å². The molecule has 102 valence electrons. The van der Waals surface area contributed by atoms with Crippen LogP contribution in [0.2, 0.25) is 0 Å². The summed E-state index contributed by atoms with van der Waals surface area (Å²) in [6.07, 6.45) is 0.740. The summed E-state index contributed by atoms with van der Waals surface area (Å²) >= 11 is 0. The summed E-state index contributed by atoms with van der Waals surface area (Å²) in [6, 6.07) is -0.710. The molecule has 0 saturated heterocycles. The molecule has 0 radical (unpaired) electrons. The van der Waals surface area contributed by atoms with E-state index in [1.807, 2.05) is 20.8 Å². The molecule has 0 aliphatic carbocycles. The van der Waals surface area contributed by atoms with E-state index in [-0.39, 0.29) is 24.7 Å². The number of rotatable bonds is 5. The largest absolute Gasteiger partial charge is 0.394 e. The number of nitrogens with one attached hydrogen (secondary N) is 2. The van der Waals surface area contributed by atoms with Gasteiger partial charge in [-0.1, -0.05) is 12.1 Å². The number of hydrogen-bond acceptors (Lipinski definition) is 4. The van der Waals surface area contributed by atoms with Gasteiger partial charge in [0.25, 0.3) is 0 Å². The number of urea groups is 1. The first-order valence-corrected chi connectivity index (χ1v) is 6.10. The number of aliphatic hydroxyl groups is 1. The van der Waals surface area contributed by atoms with E-state index in [2.05, 4.69) is 15.8 Å². The molecule has 1 aromatic heterocycles. The van der Waals surface area contributed by atoms with Crippen molar-refractivity contribution in [1.29, 1.82) is 0 Å². The lowest BCUT2D eigenvalue weighted by Gasteiger charge is -2.19. The van der Waals surface area contributed by atoms with Crippen molar-refractivity contribution >= 4 is 6.03 Å². The third kappa shape index (κ3) is 3.46. The van der Waals surface area contributed by atoms with Gasteiger partial charge in [-0.2, -0.15) is 0 Å². The molecule has 1 heterocycles. The summed E-state index contributed by atoms with van der Waals surface area (Å²) in [5.74, 6) is 0.717. The van der Waals surface area contributed by atoms with Crippen LogP contribution >= 0.6 is 0 Å². The maximum atomic E-state index is 11.7. The number of aliphatic hydroxyl groups excluding tert-OH is 1. The van der Waals surface area contributed by atoms with Gasteiger partial charge in [0.1, 0.15) is 5.76 Å². The molecule has 18 heavy (non-hydrogen) atoms. The highest BCUT2D eigenvalue weighted by Gasteiger charge is 2.21. The molecule has 6 nitrogen and oxygen atoms in total. The van der Waals surface area contributed by atoms with Crippen LogP contribution in [0.3, 0.4) is 0 Å². The van der Waals surface area contributed by atoms with Gasteiger partial charge in [-0.15, -0.1) is 0 Å². The van der Waals surface area contributed by atoms with E-state index in [4.69, 9.17) is 9.63 Å². The second kappa shape index (κ2) is 6.39. The van der Waals surface area contributed by atoms with Gasteiger partial charge in [0, 0.05) is 5.56 Å². The summed E-state index contributed by atoms with van der Waals surface area (Å²) in [5, 5.41) is 18.3. The molecule has 0 bridgehead atoms. The van der Waals surface area contributed by atoms with E-state index >= 15 is 0 Å². The van der Waals surface area contributed by atoms with Crippen LogP contribution in [0.1, 0.15) is 43.3 Å². The fraction of sp³-hybridized carbons (Fsp3) is 0.667. The molecule has 1 aromatic rings. The van der Waals surface area contributed by atoms with Crippen LogP contribution in [0, 0.1) is 13.8 Å². The monoisotopic (exact) mass is 255 g/mol. The second-order valence-electron chi connectivity index (χ2n) is 4.40. The fourth-order valence-corrected chi connectivity index (χ4v) is 1.84. The average molecular weight is 255 g/mol. The Balaban J connectivity index is 2.71. The molecule has 2 amide bonds. The highest BCUT2D eigenvalue weighted by molar-refractivity contribution is 5.74. The maximum Gasteiger partial charge on any atom is 0.315 e. The zero-order valence-corrected chi connectivity index (χ0v) is 11.3. The lowest BCUT2D eigenvalue weighted by molar-refractivity contribution is 0.217. The summed E-state index contributed by atoms with van der Waals surface area (Å²) in [6.45, 7) is 7.30. The van der Waals surface area contributed by atoms with Crippen molar-refractivity contribution in [1.82, 2.24) is 15.8 Å². The molecule has 0 aromatic carbocycles. The van der Waals surface area contributed by atoms with Gasteiger partial charge >= 0.3 is 6.03 Å². The van der Waals surface area contributed by atoms with Crippen LogP contribution in [0.15, 0.2) is 4.52 Å². The van der Waals surface area contributed by atoms with Crippen LogP contribution in [-0.2, 0) is 0 Å². The minimum atomic E-state index is -0.302. The number of nitrogens with zero attached hydrogens (tertiary/aromatic N) is 1. The number of aromatic nitrogens is 1. The molecule has 0 spiro atoms. The zero-order valence-electron chi connectivity index (χ0n) is 11.3. The Labute approximate surface area is 107 Å². The van der Waals surface area contributed by atoms with Gasteiger partial charge in [0.15, 0.2) is 0 Å². The van der Waals surface area contributed by atoms with E-state index in [0.717, 1.165) is 23.4 Å². The number of carbonyl (C=O) groups excluding carboxylic acids is 1. The van der Waals surface area contributed by atoms with Crippen molar-refractivity contribution in [2.24, 2.45) is 0 Å². The Morgan fingerprint density at radius 2 is 2.11 bits per heavy atom. The van der Waals surface area contributed by atoms with E-state index in [0.29, 0.717) is 0 Å². The van der Waals surface area contributed by atoms with E-state index in [9.17, 15) is 4.79 Å². The molecule has 0 aliphatic heterocycles. The average Bonchev–Trinajstić information content (AvgIpc) is 2.66. The minimum Gasteiger partial charge on any atom is -0.394 e. The van der Waals surface area contributed by atoms with Gasteiger partial charge in [-0.25, -0.2) is 4.79 Å². The highest BCUT2D eigenvalue weighted by Crippen LogP contribution is 2.23. The summed E-state index contributed by atoms with van der Waals surface area (Å²) < 4.78 is 5.10. The number of carbonyl (C=O) groups is 1. The quantitative estimate of drug-likeness (QED) is 0.742. The van der Waals surface area contributed by atoms with Crippen LogP contribution in [0.25, 0.3) is 0 Å². The number of amides is 2. The molecule has 6 heteroatoms. The van der Waals surface area contributed by atoms with Gasteiger partial charge in [-0.05, 0) is 27.2 Å². The Morgan fingerprint density at radius 3 is 2.56 bits per heavy atom. The molecule has 3 N–H and O–H groups in total. The molecular formula is C12H21N3O3. The van der Waals surface area contributed by atoms with Crippen LogP contribution in [-0.4, -0.2) is 28.9 Å². The molecule has 2 atom stereocenters. The number of aryl methyl sites for hydroxylation is 2. The zero-order chi connectivity index (χ0) is 13.7. The normalized spacial score (nSPS) is 14.1. The van der Waals surface area contributed by atoms with Crippen LogP contribution in [0.5, 0.6) is 0 Å². The lowest BCUT2D eigenvalue weighted by atomic mass is 10.0. The minimum absolute atomic E-state index is 0.0878. The van der Waals surface area contributed by atoms with E-state index < -0.39 is 0 Å². The molecule has 0 saturated carbocycles. The van der Waals surface area contributed by atoms with Gasteiger partial charge in [0.05, 0.1) is 24.4 Å². The third-order valence-electron chi connectivity index (χ3n) is 2.80. The molecule has 2 unspecified atom stereocenters. The van der Waals surface area contributed by atoms with E-state index in [1.54, 1.807) is 6.92 Å².